The molecule has 3 heterocycles. The number of carbonyl (C=O) groups is 1. The third kappa shape index (κ3) is 3.27. The highest BCUT2D eigenvalue weighted by atomic mass is 79.9. The molecular formula is C27H24BrClN4O. The number of hydrogen-bond donors (Lipinski definition) is 0. The molecule has 3 aromatic rings. The maximum absolute atomic E-state index is 14.3. The molecule has 0 unspecified atom stereocenters. The van der Waals surface area contributed by atoms with E-state index in [1.807, 2.05) is 55.5 Å². The van der Waals surface area contributed by atoms with Crippen molar-refractivity contribution in [3.63, 3.8) is 0 Å². The van der Waals surface area contributed by atoms with Crippen LogP contribution < -0.4 is 14.8 Å². The van der Waals surface area contributed by atoms with Gasteiger partial charge in [-0.2, -0.15) is 10.1 Å². The molecule has 0 aliphatic carbocycles. The van der Waals surface area contributed by atoms with Crippen LogP contribution in [0.15, 0.2) is 82.4 Å². The molecule has 1 fully saturated rings. The Labute approximate surface area is 212 Å². The molecular weight excluding hydrogens is 512 g/mol. The fourth-order valence-corrected chi connectivity index (χ4v) is 6.35. The van der Waals surface area contributed by atoms with Gasteiger partial charge in [0.15, 0.2) is 0 Å². The Balaban J connectivity index is 1.46. The monoisotopic (exact) mass is 534 g/mol. The van der Waals surface area contributed by atoms with Crippen LogP contribution in [0.2, 0.25) is 5.02 Å². The van der Waals surface area contributed by atoms with E-state index < -0.39 is 5.41 Å². The van der Waals surface area contributed by atoms with Gasteiger partial charge >= 0.3 is 0 Å². The first-order valence-corrected chi connectivity index (χ1v) is 12.7. The predicted octanol–water partition coefficient (Wildman–Crippen LogP) is 5.76. The van der Waals surface area contributed by atoms with Gasteiger partial charge in [-0.3, -0.25) is 4.79 Å². The summed E-state index contributed by atoms with van der Waals surface area (Å²) >= 11 is 9.95. The van der Waals surface area contributed by atoms with Gasteiger partial charge in [-0.1, -0.05) is 51.8 Å². The number of hydrogen-bond acceptors (Lipinski definition) is 4. The first-order valence-electron chi connectivity index (χ1n) is 11.5. The number of carbonyl (C=O) groups excluding carboxylic acids is 1. The lowest BCUT2D eigenvalue weighted by Crippen LogP contribution is -2.67. The van der Waals surface area contributed by atoms with Crippen LogP contribution in [0.25, 0.3) is 0 Å². The summed E-state index contributed by atoms with van der Waals surface area (Å²) < 4.78 is 1.03. The first kappa shape index (κ1) is 21.7. The van der Waals surface area contributed by atoms with Crippen molar-refractivity contribution in [3.05, 3.63) is 87.9 Å². The quantitative estimate of drug-likeness (QED) is 0.419. The largest absolute Gasteiger partial charge is 0.368 e. The number of rotatable bonds is 2. The van der Waals surface area contributed by atoms with Gasteiger partial charge in [-0.15, -0.1) is 0 Å². The third-order valence-corrected chi connectivity index (χ3v) is 8.14. The number of anilines is 3. The van der Waals surface area contributed by atoms with Crippen LogP contribution in [0.5, 0.6) is 0 Å². The van der Waals surface area contributed by atoms with Gasteiger partial charge in [0.2, 0.25) is 0 Å². The summed E-state index contributed by atoms with van der Waals surface area (Å²) in [7, 11) is 0. The van der Waals surface area contributed by atoms with Gasteiger partial charge in [0, 0.05) is 40.5 Å². The molecule has 1 spiro atoms. The number of fused-ring (bicyclic) bond motifs is 4. The SMILES string of the molecule is CC1=NN(c2ccccc2)C(=O)[C@@]12Cc1cc(Br)ccc1N1CCN(c3cccc(Cl)c3)C[C@@H]12. The lowest BCUT2D eigenvalue weighted by Gasteiger charge is -2.53. The summed E-state index contributed by atoms with van der Waals surface area (Å²) in [5, 5.41) is 7.16. The van der Waals surface area contributed by atoms with Gasteiger partial charge in [-0.05, 0) is 67.4 Å². The number of halogens is 2. The minimum absolute atomic E-state index is 0.0427. The van der Waals surface area contributed by atoms with E-state index in [0.29, 0.717) is 6.42 Å². The van der Waals surface area contributed by atoms with E-state index in [4.69, 9.17) is 16.7 Å². The van der Waals surface area contributed by atoms with E-state index in [-0.39, 0.29) is 11.9 Å². The highest BCUT2D eigenvalue weighted by molar-refractivity contribution is 9.10. The van der Waals surface area contributed by atoms with Gasteiger partial charge in [0.1, 0.15) is 5.41 Å². The summed E-state index contributed by atoms with van der Waals surface area (Å²) in [6.07, 6.45) is 0.629. The molecule has 6 rings (SSSR count). The summed E-state index contributed by atoms with van der Waals surface area (Å²) in [5.41, 5.74) is 4.42. The molecule has 0 aromatic heterocycles. The summed E-state index contributed by atoms with van der Waals surface area (Å²) in [5.74, 6) is 0.0461. The predicted molar refractivity (Wildman–Crippen MR) is 142 cm³/mol. The van der Waals surface area contributed by atoms with Crippen LogP contribution in [-0.2, 0) is 11.2 Å². The molecule has 7 heteroatoms. The van der Waals surface area contributed by atoms with Crippen molar-refractivity contribution >= 4 is 56.2 Å². The zero-order chi connectivity index (χ0) is 23.4. The molecule has 172 valence electrons. The van der Waals surface area contributed by atoms with Crippen molar-refractivity contribution in [2.45, 2.75) is 19.4 Å². The molecule has 3 aliphatic rings. The molecule has 1 amide bonds. The van der Waals surface area contributed by atoms with Crippen molar-refractivity contribution in [1.29, 1.82) is 0 Å². The minimum atomic E-state index is -0.735. The Morgan fingerprint density at radius 1 is 1.00 bits per heavy atom. The van der Waals surface area contributed by atoms with Crippen molar-refractivity contribution in [3.8, 4) is 0 Å². The molecule has 1 saturated heterocycles. The van der Waals surface area contributed by atoms with Crippen molar-refractivity contribution in [2.75, 3.05) is 34.4 Å². The zero-order valence-corrected chi connectivity index (χ0v) is 21.1. The third-order valence-electron chi connectivity index (χ3n) is 7.41. The lowest BCUT2D eigenvalue weighted by atomic mass is 9.67. The van der Waals surface area contributed by atoms with E-state index >= 15 is 0 Å². The van der Waals surface area contributed by atoms with E-state index in [9.17, 15) is 4.79 Å². The highest BCUT2D eigenvalue weighted by Crippen LogP contribution is 2.49. The molecule has 5 nitrogen and oxygen atoms in total. The van der Waals surface area contributed by atoms with Crippen LogP contribution in [0, 0.1) is 5.41 Å². The number of para-hydroxylation sites is 1. The molecule has 3 aromatic carbocycles. The van der Waals surface area contributed by atoms with E-state index in [2.05, 4.69) is 50.0 Å². The number of hydrazone groups is 1. The topological polar surface area (TPSA) is 39.2 Å². The van der Waals surface area contributed by atoms with Crippen molar-refractivity contribution in [1.82, 2.24) is 0 Å². The maximum atomic E-state index is 14.3. The Morgan fingerprint density at radius 3 is 2.59 bits per heavy atom. The average molecular weight is 536 g/mol. The highest BCUT2D eigenvalue weighted by Gasteiger charge is 2.60. The van der Waals surface area contributed by atoms with Crippen molar-refractivity contribution in [2.24, 2.45) is 10.5 Å². The van der Waals surface area contributed by atoms with Crippen molar-refractivity contribution < 1.29 is 4.79 Å². The second kappa shape index (κ2) is 8.14. The van der Waals surface area contributed by atoms with Gasteiger partial charge in [0.25, 0.3) is 5.91 Å². The number of piperazine rings is 1. The van der Waals surface area contributed by atoms with E-state index in [1.165, 1.54) is 11.3 Å². The smallest absolute Gasteiger partial charge is 0.261 e. The molecule has 34 heavy (non-hydrogen) atoms. The van der Waals surface area contributed by atoms with E-state index in [1.54, 1.807) is 5.01 Å². The second-order valence-corrected chi connectivity index (χ2v) is 10.5. The molecule has 2 atom stereocenters. The number of benzene rings is 3. The normalized spacial score (nSPS) is 23.7. The van der Waals surface area contributed by atoms with E-state index in [0.717, 1.165) is 46.2 Å². The Hall–Kier alpha value is -2.83. The molecule has 3 aliphatic heterocycles. The minimum Gasteiger partial charge on any atom is -0.368 e. The lowest BCUT2D eigenvalue weighted by molar-refractivity contribution is -0.125. The maximum Gasteiger partial charge on any atom is 0.261 e. The standard InChI is InChI=1S/C27H24BrClN4O/c1-18-27(26(34)33(30-18)22-7-3-2-4-8-22)16-19-14-20(28)10-11-24(19)32-13-12-31(17-25(27)32)23-9-5-6-21(29)15-23/h2-11,14-15,25H,12-13,16-17H2,1H3/t25-,27+/m1/s1. The van der Waals surface area contributed by atoms with Crippen LogP contribution in [0.1, 0.15) is 12.5 Å². The van der Waals surface area contributed by atoms with Gasteiger partial charge in [0.05, 0.1) is 17.4 Å². The average Bonchev–Trinajstić information content (AvgIpc) is 3.10. The summed E-state index contributed by atoms with van der Waals surface area (Å²) in [4.78, 5) is 19.1. The van der Waals surface area contributed by atoms with Crippen LogP contribution in [0.4, 0.5) is 17.1 Å². The fraction of sp³-hybridized carbons (Fsp3) is 0.259. The van der Waals surface area contributed by atoms with Crippen LogP contribution in [0.3, 0.4) is 0 Å². The fourth-order valence-electron chi connectivity index (χ4n) is 5.75. The van der Waals surface area contributed by atoms with Gasteiger partial charge < -0.3 is 9.80 Å². The van der Waals surface area contributed by atoms with Crippen LogP contribution in [-0.4, -0.2) is 37.3 Å². The molecule has 0 N–H and O–H groups in total. The Kier molecular flexibility index (Phi) is 5.19. The molecule has 0 saturated carbocycles. The summed E-state index contributed by atoms with van der Waals surface area (Å²) in [6, 6.07) is 24.1. The first-order chi connectivity index (χ1) is 16.5. The number of nitrogens with zero attached hydrogens (tertiary/aromatic N) is 4. The Morgan fingerprint density at radius 2 is 1.79 bits per heavy atom. The zero-order valence-electron chi connectivity index (χ0n) is 18.8. The van der Waals surface area contributed by atoms with Gasteiger partial charge in [-0.25, -0.2) is 0 Å². The summed E-state index contributed by atoms with van der Waals surface area (Å²) in [6.45, 7) is 4.41. The Bertz CT molecular complexity index is 1310. The molecule has 0 bridgehead atoms. The second-order valence-electron chi connectivity index (χ2n) is 9.19. The molecule has 0 radical (unpaired) electrons. The number of amides is 1. The van der Waals surface area contributed by atoms with Crippen LogP contribution >= 0.6 is 27.5 Å².